The second-order valence-corrected chi connectivity index (χ2v) is 5.34. The fourth-order valence-corrected chi connectivity index (χ4v) is 2.41. The summed E-state index contributed by atoms with van der Waals surface area (Å²) in [5.41, 5.74) is 0.774. The molecule has 0 unspecified atom stereocenters. The van der Waals surface area contributed by atoms with Crippen LogP contribution in [0.25, 0.3) is 0 Å². The number of alkyl halides is 3. The predicted octanol–water partition coefficient (Wildman–Crippen LogP) is 1.49. The summed E-state index contributed by atoms with van der Waals surface area (Å²) in [5.74, 6) is -2.53. The highest BCUT2D eigenvalue weighted by molar-refractivity contribution is 5.97. The Kier molecular flexibility index (Phi) is 5.10. The van der Waals surface area contributed by atoms with Gasteiger partial charge in [0.2, 0.25) is 5.91 Å². The van der Waals surface area contributed by atoms with E-state index < -0.39 is 12.1 Å². The Labute approximate surface area is 136 Å². The average molecular weight is 343 g/mol. The van der Waals surface area contributed by atoms with Crippen molar-refractivity contribution in [1.29, 1.82) is 0 Å². The summed E-state index contributed by atoms with van der Waals surface area (Å²) in [5, 5.41) is 2.55. The van der Waals surface area contributed by atoms with Crippen LogP contribution >= 0.6 is 0 Å². The maximum absolute atomic E-state index is 12.4. The van der Waals surface area contributed by atoms with Gasteiger partial charge in [-0.1, -0.05) is 6.07 Å². The van der Waals surface area contributed by atoms with E-state index in [0.717, 1.165) is 0 Å². The number of halogens is 3. The molecule has 0 radical (unpaired) electrons. The van der Waals surface area contributed by atoms with Crippen molar-refractivity contribution in [2.75, 3.05) is 31.5 Å². The van der Waals surface area contributed by atoms with Crippen LogP contribution in [0.2, 0.25) is 0 Å². The van der Waals surface area contributed by atoms with E-state index in [1.54, 1.807) is 18.2 Å². The van der Waals surface area contributed by atoms with Gasteiger partial charge < -0.3 is 15.1 Å². The number of rotatable bonds is 2. The Balaban J connectivity index is 2.00. The summed E-state index contributed by atoms with van der Waals surface area (Å²) in [7, 11) is 0. The number of anilines is 1. The lowest BCUT2D eigenvalue weighted by atomic mass is 10.1. The van der Waals surface area contributed by atoms with Gasteiger partial charge in [-0.2, -0.15) is 13.2 Å². The van der Waals surface area contributed by atoms with Crippen LogP contribution < -0.4 is 5.32 Å². The molecule has 0 aliphatic carbocycles. The lowest BCUT2D eigenvalue weighted by Gasteiger charge is -2.35. The van der Waals surface area contributed by atoms with Crippen molar-refractivity contribution < 1.29 is 27.6 Å². The van der Waals surface area contributed by atoms with Crippen molar-refractivity contribution >= 4 is 23.4 Å². The summed E-state index contributed by atoms with van der Waals surface area (Å²) in [6.07, 6.45) is -4.90. The lowest BCUT2D eigenvalue weighted by molar-refractivity contribution is -0.186. The average Bonchev–Trinajstić information content (AvgIpc) is 2.52. The molecule has 130 valence electrons. The van der Waals surface area contributed by atoms with E-state index in [9.17, 15) is 27.6 Å². The van der Waals surface area contributed by atoms with Crippen molar-refractivity contribution in [2.45, 2.75) is 13.1 Å². The highest BCUT2D eigenvalue weighted by atomic mass is 19.4. The van der Waals surface area contributed by atoms with Crippen LogP contribution in [0.3, 0.4) is 0 Å². The maximum Gasteiger partial charge on any atom is 0.471 e. The minimum absolute atomic E-state index is 0.0189. The predicted molar refractivity (Wildman–Crippen MR) is 79.3 cm³/mol. The number of carbonyl (C=O) groups excluding carboxylic acids is 3. The van der Waals surface area contributed by atoms with Gasteiger partial charge in [0.1, 0.15) is 0 Å². The highest BCUT2D eigenvalue weighted by Gasteiger charge is 2.43. The number of amides is 3. The maximum atomic E-state index is 12.4. The summed E-state index contributed by atoms with van der Waals surface area (Å²) in [4.78, 5) is 36.7. The molecule has 24 heavy (non-hydrogen) atoms. The third-order valence-corrected chi connectivity index (χ3v) is 3.53. The smallest absolute Gasteiger partial charge is 0.335 e. The monoisotopic (exact) mass is 343 g/mol. The summed E-state index contributed by atoms with van der Waals surface area (Å²) >= 11 is 0. The second-order valence-electron chi connectivity index (χ2n) is 5.34. The molecule has 1 fully saturated rings. The number of nitrogens with one attached hydrogen (secondary N) is 1. The second kappa shape index (κ2) is 6.90. The Morgan fingerprint density at radius 2 is 1.62 bits per heavy atom. The van der Waals surface area contributed by atoms with Crippen LogP contribution in [-0.4, -0.2) is 59.9 Å². The van der Waals surface area contributed by atoms with E-state index in [-0.39, 0.29) is 38.0 Å². The third-order valence-electron chi connectivity index (χ3n) is 3.53. The molecule has 0 saturated carbocycles. The minimum Gasteiger partial charge on any atom is -0.335 e. The van der Waals surface area contributed by atoms with E-state index in [1.165, 1.54) is 17.9 Å². The van der Waals surface area contributed by atoms with Crippen LogP contribution in [0, 0.1) is 0 Å². The quantitative estimate of drug-likeness (QED) is 0.885. The highest BCUT2D eigenvalue weighted by Crippen LogP contribution is 2.20. The zero-order valence-electron chi connectivity index (χ0n) is 12.9. The summed E-state index contributed by atoms with van der Waals surface area (Å²) < 4.78 is 37.2. The normalized spacial score (nSPS) is 15.2. The first-order chi connectivity index (χ1) is 11.2. The molecule has 0 atom stereocenters. The molecule has 9 heteroatoms. The molecule has 1 N–H and O–H groups in total. The van der Waals surface area contributed by atoms with Gasteiger partial charge in [-0.05, 0) is 18.2 Å². The number of piperazine rings is 1. The Bertz CT molecular complexity index is 653. The minimum atomic E-state index is -4.90. The molecule has 0 aromatic heterocycles. The largest absolute Gasteiger partial charge is 0.471 e. The van der Waals surface area contributed by atoms with Crippen LogP contribution in [0.5, 0.6) is 0 Å². The van der Waals surface area contributed by atoms with Crippen LogP contribution in [-0.2, 0) is 9.59 Å². The SMILES string of the molecule is CC(=O)Nc1cccc(C(=O)N2CCN(C(=O)C(F)(F)F)CC2)c1. The number of carbonyl (C=O) groups is 3. The van der Waals surface area contributed by atoms with E-state index in [1.807, 2.05) is 0 Å². The Morgan fingerprint density at radius 3 is 2.17 bits per heavy atom. The fraction of sp³-hybridized carbons (Fsp3) is 0.400. The van der Waals surface area contributed by atoms with Gasteiger partial charge in [-0.25, -0.2) is 0 Å². The van der Waals surface area contributed by atoms with Gasteiger partial charge in [-0.15, -0.1) is 0 Å². The molecule has 0 spiro atoms. The van der Waals surface area contributed by atoms with Crippen LogP contribution in [0.4, 0.5) is 18.9 Å². The van der Waals surface area contributed by atoms with Gasteiger partial charge in [0, 0.05) is 44.4 Å². The molecule has 6 nitrogen and oxygen atoms in total. The van der Waals surface area contributed by atoms with Crippen LogP contribution in [0.15, 0.2) is 24.3 Å². The molecule has 1 aliphatic rings. The molecule has 1 aromatic carbocycles. The number of hydrogen-bond donors (Lipinski definition) is 1. The van der Waals surface area contributed by atoms with Gasteiger partial charge in [-0.3, -0.25) is 14.4 Å². The fourth-order valence-electron chi connectivity index (χ4n) is 2.41. The third kappa shape index (κ3) is 4.24. The number of hydrogen-bond acceptors (Lipinski definition) is 3. The zero-order chi connectivity index (χ0) is 17.9. The molecule has 1 aromatic rings. The molecule has 0 bridgehead atoms. The van der Waals surface area contributed by atoms with Crippen molar-refractivity contribution in [3.63, 3.8) is 0 Å². The molecule has 2 rings (SSSR count). The number of nitrogens with zero attached hydrogens (tertiary/aromatic N) is 2. The van der Waals surface area contributed by atoms with E-state index in [0.29, 0.717) is 16.2 Å². The van der Waals surface area contributed by atoms with Crippen molar-refractivity contribution in [3.05, 3.63) is 29.8 Å². The van der Waals surface area contributed by atoms with Gasteiger partial charge in [0.25, 0.3) is 5.91 Å². The van der Waals surface area contributed by atoms with Crippen molar-refractivity contribution in [1.82, 2.24) is 9.80 Å². The van der Waals surface area contributed by atoms with Crippen molar-refractivity contribution in [2.24, 2.45) is 0 Å². The number of benzene rings is 1. The van der Waals surface area contributed by atoms with Gasteiger partial charge in [0.15, 0.2) is 0 Å². The first-order valence-electron chi connectivity index (χ1n) is 7.21. The standard InChI is InChI=1S/C15H16F3N3O3/c1-10(22)19-12-4-2-3-11(9-12)13(23)20-5-7-21(8-6-20)14(24)15(16,17)18/h2-4,9H,5-8H2,1H3,(H,19,22). The molecule has 1 saturated heterocycles. The molecular formula is C15H16F3N3O3. The first kappa shape index (κ1) is 17.8. The molecule has 1 heterocycles. The van der Waals surface area contributed by atoms with Gasteiger partial charge in [0.05, 0.1) is 0 Å². The first-order valence-corrected chi connectivity index (χ1v) is 7.21. The molecule has 3 amide bonds. The Hall–Kier alpha value is -2.58. The lowest BCUT2D eigenvalue weighted by Crippen LogP contribution is -2.53. The van der Waals surface area contributed by atoms with E-state index in [4.69, 9.17) is 0 Å². The van der Waals surface area contributed by atoms with E-state index in [2.05, 4.69) is 5.32 Å². The molecular weight excluding hydrogens is 327 g/mol. The summed E-state index contributed by atoms with van der Waals surface area (Å²) in [6, 6.07) is 6.28. The Morgan fingerprint density at radius 1 is 1.04 bits per heavy atom. The molecule has 1 aliphatic heterocycles. The topological polar surface area (TPSA) is 69.7 Å². The van der Waals surface area contributed by atoms with Crippen LogP contribution in [0.1, 0.15) is 17.3 Å². The van der Waals surface area contributed by atoms with E-state index >= 15 is 0 Å². The zero-order valence-corrected chi connectivity index (χ0v) is 12.9. The van der Waals surface area contributed by atoms with Gasteiger partial charge >= 0.3 is 12.1 Å². The summed E-state index contributed by atoms with van der Waals surface area (Å²) in [6.45, 7) is 1.03. The van der Waals surface area contributed by atoms with Crippen molar-refractivity contribution in [3.8, 4) is 0 Å².